The van der Waals surface area contributed by atoms with E-state index in [9.17, 15) is 9.18 Å². The number of rotatable bonds is 3. The van der Waals surface area contributed by atoms with Crippen molar-refractivity contribution >= 4 is 5.78 Å². The van der Waals surface area contributed by atoms with Gasteiger partial charge < -0.3 is 4.74 Å². The summed E-state index contributed by atoms with van der Waals surface area (Å²) in [4.78, 5) is 12.3. The predicted molar refractivity (Wildman–Crippen MR) is 70.1 cm³/mol. The fourth-order valence-corrected chi connectivity index (χ4v) is 2.36. The fraction of sp³-hybridized carbons (Fsp3) is 0.188. The van der Waals surface area contributed by atoms with Crippen LogP contribution < -0.4 is 4.74 Å². The largest absolute Gasteiger partial charge is 0.492 e. The molecule has 0 fully saturated rings. The van der Waals surface area contributed by atoms with Crippen LogP contribution in [0.25, 0.3) is 0 Å². The lowest BCUT2D eigenvalue weighted by Crippen LogP contribution is -2.05. The molecular formula is C16H13FO2. The van der Waals surface area contributed by atoms with E-state index in [-0.39, 0.29) is 18.0 Å². The van der Waals surface area contributed by atoms with E-state index in [4.69, 9.17) is 4.74 Å². The summed E-state index contributed by atoms with van der Waals surface area (Å²) >= 11 is 0. The Morgan fingerprint density at radius 1 is 1.21 bits per heavy atom. The minimum atomic E-state index is -0.320. The van der Waals surface area contributed by atoms with Crippen LogP contribution >= 0.6 is 0 Å². The average molecular weight is 256 g/mol. The van der Waals surface area contributed by atoms with E-state index in [1.54, 1.807) is 18.2 Å². The molecule has 0 aliphatic carbocycles. The van der Waals surface area contributed by atoms with Gasteiger partial charge in [0.1, 0.15) is 11.6 Å². The molecule has 2 aromatic carbocycles. The van der Waals surface area contributed by atoms with Gasteiger partial charge in [0.25, 0.3) is 0 Å². The molecule has 0 aromatic heterocycles. The summed E-state index contributed by atoms with van der Waals surface area (Å²) in [6, 6.07) is 11.7. The van der Waals surface area contributed by atoms with Crippen LogP contribution in [0.2, 0.25) is 0 Å². The highest BCUT2D eigenvalue weighted by atomic mass is 19.1. The van der Waals surface area contributed by atoms with E-state index in [0.29, 0.717) is 23.5 Å². The molecule has 0 saturated carbocycles. The van der Waals surface area contributed by atoms with E-state index in [0.717, 1.165) is 12.0 Å². The van der Waals surface area contributed by atoms with Crippen LogP contribution in [0.4, 0.5) is 4.39 Å². The monoisotopic (exact) mass is 256 g/mol. The maximum Gasteiger partial charge on any atom is 0.170 e. The van der Waals surface area contributed by atoms with Crippen LogP contribution in [0.5, 0.6) is 5.75 Å². The Bertz CT molecular complexity index is 634. The van der Waals surface area contributed by atoms with Gasteiger partial charge in [0.05, 0.1) is 12.2 Å². The number of ether oxygens (including phenoxy) is 1. The Kier molecular flexibility index (Phi) is 3.03. The highest BCUT2D eigenvalue weighted by Gasteiger charge is 2.20. The lowest BCUT2D eigenvalue weighted by Gasteiger charge is -2.07. The van der Waals surface area contributed by atoms with E-state index in [1.807, 2.05) is 12.1 Å². The van der Waals surface area contributed by atoms with Crippen molar-refractivity contribution in [3.05, 3.63) is 65.0 Å². The number of hydrogen-bond donors (Lipinski definition) is 0. The number of hydrogen-bond acceptors (Lipinski definition) is 2. The number of ketones is 1. The summed E-state index contributed by atoms with van der Waals surface area (Å²) in [6.07, 6.45) is 1.04. The van der Waals surface area contributed by atoms with Crippen molar-refractivity contribution in [1.29, 1.82) is 0 Å². The molecule has 0 radical (unpaired) electrons. The van der Waals surface area contributed by atoms with Gasteiger partial charge in [-0.3, -0.25) is 4.79 Å². The van der Waals surface area contributed by atoms with Crippen molar-refractivity contribution in [2.45, 2.75) is 12.8 Å². The molecule has 0 bridgehead atoms. The van der Waals surface area contributed by atoms with Gasteiger partial charge in [-0.25, -0.2) is 4.39 Å². The van der Waals surface area contributed by atoms with Crippen molar-refractivity contribution in [3.8, 4) is 5.75 Å². The number of para-hydroxylation sites is 1. The smallest absolute Gasteiger partial charge is 0.170 e. The molecule has 1 aliphatic heterocycles. The topological polar surface area (TPSA) is 26.3 Å². The summed E-state index contributed by atoms with van der Waals surface area (Å²) in [7, 11) is 0. The highest BCUT2D eigenvalue weighted by molar-refractivity contribution is 6.00. The minimum Gasteiger partial charge on any atom is -0.492 e. The zero-order valence-corrected chi connectivity index (χ0v) is 10.4. The van der Waals surface area contributed by atoms with Crippen LogP contribution in [-0.4, -0.2) is 12.4 Å². The maximum atomic E-state index is 13.1. The summed E-state index contributed by atoms with van der Waals surface area (Å²) in [5.74, 6) is 0.341. The number of fused-ring (bicyclic) bond motifs is 1. The van der Waals surface area contributed by atoms with Gasteiger partial charge in [-0.1, -0.05) is 24.3 Å². The average Bonchev–Trinajstić information content (AvgIpc) is 2.86. The van der Waals surface area contributed by atoms with E-state index in [1.165, 1.54) is 12.1 Å². The van der Waals surface area contributed by atoms with Gasteiger partial charge >= 0.3 is 0 Å². The Hall–Kier alpha value is -2.16. The summed E-state index contributed by atoms with van der Waals surface area (Å²) < 4.78 is 18.6. The number of halogens is 1. The number of benzene rings is 2. The number of carbonyl (C=O) groups excluding carboxylic acids is 1. The Morgan fingerprint density at radius 3 is 2.89 bits per heavy atom. The highest BCUT2D eigenvalue weighted by Crippen LogP contribution is 2.30. The van der Waals surface area contributed by atoms with Gasteiger partial charge in [0.15, 0.2) is 5.78 Å². The van der Waals surface area contributed by atoms with Crippen molar-refractivity contribution in [2.75, 3.05) is 6.61 Å². The van der Waals surface area contributed by atoms with Crippen molar-refractivity contribution in [1.82, 2.24) is 0 Å². The fourth-order valence-electron chi connectivity index (χ4n) is 2.36. The second kappa shape index (κ2) is 4.84. The molecule has 1 aliphatic rings. The molecule has 2 aromatic rings. The Labute approximate surface area is 110 Å². The van der Waals surface area contributed by atoms with E-state index >= 15 is 0 Å². The third-order valence-electron chi connectivity index (χ3n) is 3.27. The number of Topliss-reactive ketones (excluding diaryl/α,β-unsaturated/α-hetero) is 1. The lowest BCUT2D eigenvalue weighted by molar-refractivity contribution is 0.0990. The maximum absolute atomic E-state index is 13.1. The zero-order valence-electron chi connectivity index (χ0n) is 10.4. The van der Waals surface area contributed by atoms with Gasteiger partial charge in [0, 0.05) is 12.8 Å². The first-order chi connectivity index (χ1) is 9.24. The first kappa shape index (κ1) is 11.9. The van der Waals surface area contributed by atoms with Crippen LogP contribution in [0, 0.1) is 5.82 Å². The molecule has 1 heterocycles. The van der Waals surface area contributed by atoms with Crippen LogP contribution in [0.3, 0.4) is 0 Å². The van der Waals surface area contributed by atoms with Crippen molar-refractivity contribution < 1.29 is 13.9 Å². The standard InChI is InChI=1S/C16H13FO2/c17-13-5-1-3-11(9-13)10-15(18)14-6-2-4-12-7-8-19-16(12)14/h1-6,9H,7-8,10H2. The first-order valence-electron chi connectivity index (χ1n) is 6.26. The first-order valence-corrected chi connectivity index (χ1v) is 6.26. The Balaban J connectivity index is 1.87. The van der Waals surface area contributed by atoms with Gasteiger partial charge in [-0.2, -0.15) is 0 Å². The van der Waals surface area contributed by atoms with E-state index < -0.39 is 0 Å². The van der Waals surface area contributed by atoms with Crippen molar-refractivity contribution in [2.24, 2.45) is 0 Å². The molecule has 0 spiro atoms. The molecule has 2 nitrogen and oxygen atoms in total. The Morgan fingerprint density at radius 2 is 2.05 bits per heavy atom. The molecule has 3 rings (SSSR count). The summed E-state index contributed by atoms with van der Waals surface area (Å²) in [6.45, 7) is 0.625. The molecule has 0 N–H and O–H groups in total. The third-order valence-corrected chi connectivity index (χ3v) is 3.27. The molecule has 0 amide bonds. The number of carbonyl (C=O) groups is 1. The molecule has 0 unspecified atom stereocenters. The van der Waals surface area contributed by atoms with Crippen LogP contribution in [-0.2, 0) is 12.8 Å². The molecule has 19 heavy (non-hydrogen) atoms. The second-order valence-corrected chi connectivity index (χ2v) is 4.62. The predicted octanol–water partition coefficient (Wildman–Crippen LogP) is 3.19. The van der Waals surface area contributed by atoms with Crippen LogP contribution in [0.15, 0.2) is 42.5 Å². The van der Waals surface area contributed by atoms with Gasteiger partial charge in [-0.05, 0) is 29.3 Å². The van der Waals surface area contributed by atoms with Crippen molar-refractivity contribution in [3.63, 3.8) is 0 Å². The SMILES string of the molecule is O=C(Cc1cccc(F)c1)c1cccc2c1OCC2. The summed E-state index contributed by atoms with van der Waals surface area (Å²) in [5, 5.41) is 0. The lowest BCUT2D eigenvalue weighted by atomic mass is 10.00. The molecule has 0 saturated heterocycles. The molecule has 0 atom stereocenters. The quantitative estimate of drug-likeness (QED) is 0.788. The minimum absolute atomic E-state index is 0.0376. The molecular weight excluding hydrogens is 243 g/mol. The summed E-state index contributed by atoms with van der Waals surface area (Å²) in [5.41, 5.74) is 2.35. The van der Waals surface area contributed by atoms with Gasteiger partial charge in [0.2, 0.25) is 0 Å². The normalized spacial score (nSPS) is 12.9. The van der Waals surface area contributed by atoms with Crippen LogP contribution in [0.1, 0.15) is 21.5 Å². The molecule has 96 valence electrons. The van der Waals surface area contributed by atoms with Gasteiger partial charge in [-0.15, -0.1) is 0 Å². The van der Waals surface area contributed by atoms with E-state index in [2.05, 4.69) is 0 Å². The second-order valence-electron chi connectivity index (χ2n) is 4.62. The third kappa shape index (κ3) is 2.36. The molecule has 3 heteroatoms. The zero-order chi connectivity index (χ0) is 13.2.